The Hall–Kier alpha value is -2.68. The largest absolute Gasteiger partial charge is 0.493 e. The minimum Gasteiger partial charge on any atom is -0.493 e. The molecule has 0 spiro atoms. The molecule has 2 rings (SSSR count). The Bertz CT molecular complexity index is 721. The molecule has 0 saturated heterocycles. The molecule has 0 amide bonds. The highest BCUT2D eigenvalue weighted by molar-refractivity contribution is 5.93. The zero-order valence-corrected chi connectivity index (χ0v) is 15.5. The molecule has 1 aromatic carbocycles. The van der Waals surface area contributed by atoms with Crippen LogP contribution in [0.5, 0.6) is 5.75 Å². The number of halogens is 2. The Balaban J connectivity index is 2.01. The average Bonchev–Trinajstić information content (AvgIpc) is 3.13. The maximum Gasteiger partial charge on any atom is 0.319 e. The van der Waals surface area contributed by atoms with E-state index in [1.807, 2.05) is 31.2 Å². The lowest BCUT2D eigenvalue weighted by molar-refractivity contribution is 0.0671. The summed E-state index contributed by atoms with van der Waals surface area (Å²) in [5, 5.41) is 6.22. The van der Waals surface area contributed by atoms with Crippen molar-refractivity contribution in [3.05, 3.63) is 42.5 Å². The number of aromatic nitrogens is 2. The molecule has 1 heterocycles. The SMILES string of the molecule is CCNC(=NCc1nccn1C(F)F)Nc1cccc(OCCCOC)c1. The van der Waals surface area contributed by atoms with Crippen molar-refractivity contribution in [3.8, 4) is 5.75 Å². The number of hydrogen-bond acceptors (Lipinski definition) is 4. The topological polar surface area (TPSA) is 72.7 Å². The van der Waals surface area contributed by atoms with Crippen molar-refractivity contribution in [2.45, 2.75) is 26.4 Å². The highest BCUT2D eigenvalue weighted by Crippen LogP contribution is 2.18. The fourth-order valence-corrected chi connectivity index (χ4v) is 2.29. The van der Waals surface area contributed by atoms with E-state index in [0.29, 0.717) is 25.7 Å². The maximum atomic E-state index is 12.9. The van der Waals surface area contributed by atoms with Gasteiger partial charge < -0.3 is 20.1 Å². The lowest BCUT2D eigenvalue weighted by Crippen LogP contribution is -2.30. The van der Waals surface area contributed by atoms with Gasteiger partial charge in [-0.3, -0.25) is 4.57 Å². The number of hydrogen-bond donors (Lipinski definition) is 2. The van der Waals surface area contributed by atoms with Gasteiger partial charge in [-0.1, -0.05) is 6.07 Å². The Morgan fingerprint density at radius 2 is 2.19 bits per heavy atom. The molecule has 1 aromatic heterocycles. The van der Waals surface area contributed by atoms with Crippen LogP contribution in [0.15, 0.2) is 41.7 Å². The predicted molar refractivity (Wildman–Crippen MR) is 100 cm³/mol. The Morgan fingerprint density at radius 3 is 2.93 bits per heavy atom. The normalized spacial score (nSPS) is 11.7. The molecule has 148 valence electrons. The number of anilines is 1. The summed E-state index contributed by atoms with van der Waals surface area (Å²) in [5.41, 5.74) is 0.774. The molecular formula is C18H25F2N5O2. The van der Waals surface area contributed by atoms with Gasteiger partial charge in [0.2, 0.25) is 0 Å². The third kappa shape index (κ3) is 6.86. The first kappa shape index (κ1) is 20.6. The number of guanidine groups is 1. The number of rotatable bonds is 10. The van der Waals surface area contributed by atoms with Crippen molar-refractivity contribution in [2.75, 3.05) is 32.2 Å². The predicted octanol–water partition coefficient (Wildman–Crippen LogP) is 3.27. The summed E-state index contributed by atoms with van der Waals surface area (Å²) < 4.78 is 37.3. The first-order valence-electron chi connectivity index (χ1n) is 8.71. The zero-order chi connectivity index (χ0) is 19.5. The van der Waals surface area contributed by atoms with Gasteiger partial charge in [-0.25, -0.2) is 9.98 Å². The van der Waals surface area contributed by atoms with Crippen LogP contribution in [0.4, 0.5) is 14.5 Å². The average molecular weight is 381 g/mol. The van der Waals surface area contributed by atoms with Gasteiger partial charge in [0.25, 0.3) is 0 Å². The number of aliphatic imine (C=N–C) groups is 1. The van der Waals surface area contributed by atoms with Crippen molar-refractivity contribution in [1.82, 2.24) is 14.9 Å². The number of methoxy groups -OCH3 is 1. The quantitative estimate of drug-likeness (QED) is 0.375. The number of imidazole rings is 1. The van der Waals surface area contributed by atoms with Gasteiger partial charge in [0, 0.05) is 50.8 Å². The molecule has 0 aliphatic rings. The van der Waals surface area contributed by atoms with Crippen LogP contribution in [0.1, 0.15) is 25.7 Å². The molecule has 0 radical (unpaired) electrons. The van der Waals surface area contributed by atoms with Gasteiger partial charge in [-0.05, 0) is 19.1 Å². The van der Waals surface area contributed by atoms with E-state index in [4.69, 9.17) is 9.47 Å². The molecule has 0 bridgehead atoms. The molecule has 9 heteroatoms. The molecular weight excluding hydrogens is 356 g/mol. The van der Waals surface area contributed by atoms with Crippen molar-refractivity contribution < 1.29 is 18.3 Å². The third-order valence-corrected chi connectivity index (χ3v) is 3.54. The van der Waals surface area contributed by atoms with Crippen molar-refractivity contribution in [1.29, 1.82) is 0 Å². The van der Waals surface area contributed by atoms with E-state index in [0.717, 1.165) is 22.4 Å². The first-order chi connectivity index (χ1) is 13.1. The second-order valence-corrected chi connectivity index (χ2v) is 5.57. The van der Waals surface area contributed by atoms with Crippen LogP contribution in [0.25, 0.3) is 0 Å². The molecule has 2 N–H and O–H groups in total. The number of nitrogens with zero attached hydrogens (tertiary/aromatic N) is 3. The van der Waals surface area contributed by atoms with E-state index in [1.54, 1.807) is 7.11 Å². The van der Waals surface area contributed by atoms with Crippen LogP contribution < -0.4 is 15.4 Å². The van der Waals surface area contributed by atoms with Crippen LogP contribution in [0.3, 0.4) is 0 Å². The summed E-state index contributed by atoms with van der Waals surface area (Å²) in [6.07, 6.45) is 3.37. The van der Waals surface area contributed by atoms with E-state index in [9.17, 15) is 8.78 Å². The number of nitrogens with one attached hydrogen (secondary N) is 2. The molecule has 0 aliphatic carbocycles. The molecule has 27 heavy (non-hydrogen) atoms. The highest BCUT2D eigenvalue weighted by atomic mass is 19.3. The van der Waals surface area contributed by atoms with Crippen LogP contribution in [0.2, 0.25) is 0 Å². The van der Waals surface area contributed by atoms with Gasteiger partial charge in [-0.2, -0.15) is 8.78 Å². The van der Waals surface area contributed by atoms with Gasteiger partial charge in [0.15, 0.2) is 5.96 Å². The molecule has 0 unspecified atom stereocenters. The Morgan fingerprint density at radius 1 is 1.33 bits per heavy atom. The second kappa shape index (κ2) is 11.1. The molecule has 0 atom stereocenters. The summed E-state index contributed by atoms with van der Waals surface area (Å²) in [6, 6.07) is 7.44. The van der Waals surface area contributed by atoms with Crippen LogP contribution in [-0.2, 0) is 11.3 Å². The van der Waals surface area contributed by atoms with Gasteiger partial charge in [0.05, 0.1) is 6.61 Å². The van der Waals surface area contributed by atoms with E-state index < -0.39 is 6.55 Å². The number of benzene rings is 1. The summed E-state index contributed by atoms with van der Waals surface area (Å²) in [7, 11) is 1.65. The van der Waals surface area contributed by atoms with Crippen LogP contribution >= 0.6 is 0 Å². The summed E-state index contributed by atoms with van der Waals surface area (Å²) in [5.74, 6) is 1.38. The van der Waals surface area contributed by atoms with Crippen LogP contribution in [-0.4, -0.2) is 42.4 Å². The van der Waals surface area contributed by atoms with Gasteiger partial charge >= 0.3 is 6.55 Å². The van der Waals surface area contributed by atoms with E-state index in [-0.39, 0.29) is 12.4 Å². The van der Waals surface area contributed by atoms with E-state index in [1.165, 1.54) is 12.4 Å². The van der Waals surface area contributed by atoms with Gasteiger partial charge in [0.1, 0.15) is 18.1 Å². The summed E-state index contributed by atoms with van der Waals surface area (Å²) >= 11 is 0. The standard InChI is InChI=1S/C18H25F2N5O2/c1-3-21-18(23-13-16-22-8-9-25(16)17(19)20)24-14-6-4-7-15(12-14)27-11-5-10-26-2/h4,6-9,12,17H,3,5,10-11,13H2,1-2H3,(H2,21,23,24). The fourth-order valence-electron chi connectivity index (χ4n) is 2.29. The van der Waals surface area contributed by atoms with Crippen molar-refractivity contribution >= 4 is 11.6 Å². The number of alkyl halides is 2. The summed E-state index contributed by atoms with van der Waals surface area (Å²) in [6.45, 7) is 1.14. The fraction of sp³-hybridized carbons (Fsp3) is 0.444. The lowest BCUT2D eigenvalue weighted by Gasteiger charge is -2.13. The molecule has 0 aliphatic heterocycles. The molecule has 0 saturated carbocycles. The summed E-state index contributed by atoms with van der Waals surface area (Å²) in [4.78, 5) is 8.26. The first-order valence-corrected chi connectivity index (χ1v) is 8.71. The Labute approximate surface area is 157 Å². The van der Waals surface area contributed by atoms with E-state index >= 15 is 0 Å². The molecule has 0 fully saturated rings. The smallest absolute Gasteiger partial charge is 0.319 e. The van der Waals surface area contributed by atoms with Crippen molar-refractivity contribution in [3.63, 3.8) is 0 Å². The minimum atomic E-state index is -2.64. The lowest BCUT2D eigenvalue weighted by atomic mass is 10.3. The van der Waals surface area contributed by atoms with Gasteiger partial charge in [-0.15, -0.1) is 0 Å². The number of ether oxygens (including phenoxy) is 2. The molecule has 2 aromatic rings. The Kier molecular flexibility index (Phi) is 8.50. The minimum absolute atomic E-state index is 0.0277. The van der Waals surface area contributed by atoms with Crippen molar-refractivity contribution in [2.24, 2.45) is 4.99 Å². The third-order valence-electron chi connectivity index (χ3n) is 3.54. The monoisotopic (exact) mass is 381 g/mol. The molecule has 7 nitrogen and oxygen atoms in total. The van der Waals surface area contributed by atoms with Crippen LogP contribution in [0, 0.1) is 0 Å². The zero-order valence-electron chi connectivity index (χ0n) is 15.5. The second-order valence-electron chi connectivity index (χ2n) is 5.57. The highest BCUT2D eigenvalue weighted by Gasteiger charge is 2.11. The maximum absolute atomic E-state index is 12.9. The van der Waals surface area contributed by atoms with E-state index in [2.05, 4.69) is 20.6 Å².